The van der Waals surface area contributed by atoms with Crippen LogP contribution in [0.25, 0.3) is 6.08 Å². The van der Waals surface area contributed by atoms with Gasteiger partial charge in [-0.3, -0.25) is 14.4 Å². The van der Waals surface area contributed by atoms with E-state index in [4.69, 9.17) is 11.6 Å². The molecule has 4 rings (SSSR count). The average Bonchev–Trinajstić information content (AvgIpc) is 3.36. The maximum atomic E-state index is 12.5. The van der Waals surface area contributed by atoms with Gasteiger partial charge in [0.2, 0.25) is 17.7 Å². The quantitative estimate of drug-likeness (QED) is 0.664. The van der Waals surface area contributed by atoms with Crippen LogP contribution in [0.2, 0.25) is 4.34 Å². The lowest BCUT2D eigenvalue weighted by molar-refractivity contribution is -0.119. The summed E-state index contributed by atoms with van der Waals surface area (Å²) in [5, 5.41) is 2.87. The third-order valence-corrected chi connectivity index (χ3v) is 6.76. The number of rotatable bonds is 6. The van der Waals surface area contributed by atoms with Gasteiger partial charge in [0.05, 0.1) is 4.34 Å². The van der Waals surface area contributed by atoms with Gasteiger partial charge in [-0.25, -0.2) is 0 Å². The molecule has 2 fully saturated rings. The number of hydrogen-bond acceptors (Lipinski definition) is 4. The molecule has 31 heavy (non-hydrogen) atoms. The van der Waals surface area contributed by atoms with E-state index >= 15 is 0 Å². The predicted octanol–water partition coefficient (Wildman–Crippen LogP) is 4.10. The van der Waals surface area contributed by atoms with Gasteiger partial charge < -0.3 is 15.1 Å². The molecular weight excluding hydrogens is 434 g/mol. The molecule has 162 valence electrons. The Kier molecular flexibility index (Phi) is 6.73. The molecular formula is C23H24ClN3O3S. The lowest BCUT2D eigenvalue weighted by atomic mass is 10.1. The second-order valence-electron chi connectivity index (χ2n) is 7.81. The van der Waals surface area contributed by atoms with Crippen LogP contribution in [0.4, 0.5) is 11.4 Å². The fraction of sp³-hybridized carbons (Fsp3) is 0.348. The van der Waals surface area contributed by atoms with Gasteiger partial charge in [0.1, 0.15) is 0 Å². The average molecular weight is 458 g/mol. The number of nitrogens with one attached hydrogen (secondary N) is 1. The highest BCUT2D eigenvalue weighted by Gasteiger charge is 2.31. The lowest BCUT2D eigenvalue weighted by Crippen LogP contribution is -2.35. The maximum absolute atomic E-state index is 12.5. The van der Waals surface area contributed by atoms with Crippen LogP contribution in [0.15, 0.2) is 42.5 Å². The molecule has 1 aromatic heterocycles. The first-order valence-electron chi connectivity index (χ1n) is 10.4. The van der Waals surface area contributed by atoms with Gasteiger partial charge in [0, 0.05) is 60.7 Å². The Morgan fingerprint density at radius 3 is 2.48 bits per heavy atom. The van der Waals surface area contributed by atoms with E-state index in [1.807, 2.05) is 35.2 Å². The highest BCUT2D eigenvalue weighted by molar-refractivity contribution is 7.17. The standard InChI is InChI=1S/C23H24ClN3O3S/c24-20-10-8-19(31-20)9-11-21(28)25-14-16-13-23(30)27(15-16)18-6-4-17(5-7-18)26-12-2-1-3-22(26)29/h4-11,16H,1-3,12-15H2,(H,25,28)/b11-9+. The number of carbonyl (C=O) groups is 3. The van der Waals surface area contributed by atoms with Gasteiger partial charge in [0.25, 0.3) is 0 Å². The summed E-state index contributed by atoms with van der Waals surface area (Å²) < 4.78 is 0.681. The number of anilines is 2. The molecule has 0 aliphatic carbocycles. The Bertz CT molecular complexity index is 1000. The summed E-state index contributed by atoms with van der Waals surface area (Å²) in [4.78, 5) is 41.2. The van der Waals surface area contributed by atoms with E-state index in [9.17, 15) is 14.4 Å². The smallest absolute Gasteiger partial charge is 0.244 e. The van der Waals surface area contributed by atoms with E-state index in [1.54, 1.807) is 17.0 Å². The molecule has 8 heteroatoms. The SMILES string of the molecule is O=C(/C=C/c1ccc(Cl)s1)NCC1CC(=O)N(c2ccc(N3CCCCC3=O)cc2)C1. The first-order chi connectivity index (χ1) is 15.0. The van der Waals surface area contributed by atoms with Gasteiger partial charge in [0.15, 0.2) is 0 Å². The zero-order valence-electron chi connectivity index (χ0n) is 17.1. The molecule has 0 bridgehead atoms. The van der Waals surface area contributed by atoms with Crippen molar-refractivity contribution in [2.75, 3.05) is 29.4 Å². The van der Waals surface area contributed by atoms with Gasteiger partial charge in [-0.15, -0.1) is 11.3 Å². The van der Waals surface area contributed by atoms with Crippen LogP contribution < -0.4 is 15.1 Å². The van der Waals surface area contributed by atoms with E-state index in [2.05, 4.69) is 5.32 Å². The van der Waals surface area contributed by atoms with Crippen molar-refractivity contribution in [3.63, 3.8) is 0 Å². The fourth-order valence-electron chi connectivity index (χ4n) is 3.94. The fourth-order valence-corrected chi connectivity index (χ4v) is 4.90. The highest BCUT2D eigenvalue weighted by atomic mass is 35.5. The molecule has 0 saturated carbocycles. The summed E-state index contributed by atoms with van der Waals surface area (Å²) in [6, 6.07) is 11.2. The third kappa shape index (κ3) is 5.35. The van der Waals surface area contributed by atoms with Crippen LogP contribution in [-0.2, 0) is 14.4 Å². The molecule has 0 spiro atoms. The topological polar surface area (TPSA) is 69.7 Å². The summed E-state index contributed by atoms with van der Waals surface area (Å²) in [5.74, 6) is 0.0726. The Morgan fingerprint density at radius 1 is 1.06 bits per heavy atom. The first kappa shape index (κ1) is 21.6. The minimum Gasteiger partial charge on any atom is -0.352 e. The second-order valence-corrected chi connectivity index (χ2v) is 9.56. The number of thiophene rings is 1. The summed E-state index contributed by atoms with van der Waals surface area (Å²) >= 11 is 7.29. The third-order valence-electron chi connectivity index (χ3n) is 5.56. The molecule has 6 nitrogen and oxygen atoms in total. The lowest BCUT2D eigenvalue weighted by Gasteiger charge is -2.27. The van der Waals surface area contributed by atoms with Gasteiger partial charge in [-0.2, -0.15) is 0 Å². The Hall–Kier alpha value is -2.64. The van der Waals surface area contributed by atoms with E-state index in [-0.39, 0.29) is 23.6 Å². The number of benzene rings is 1. The molecule has 0 radical (unpaired) electrons. The molecule has 1 aromatic carbocycles. The van der Waals surface area contributed by atoms with Crippen LogP contribution in [-0.4, -0.2) is 37.4 Å². The van der Waals surface area contributed by atoms with E-state index in [1.165, 1.54) is 17.4 Å². The number of hydrogen-bond donors (Lipinski definition) is 1. The van der Waals surface area contributed by atoms with Crippen molar-refractivity contribution in [3.05, 3.63) is 51.7 Å². The maximum Gasteiger partial charge on any atom is 0.244 e. The minimum absolute atomic E-state index is 0.0461. The Labute approximate surface area is 190 Å². The van der Waals surface area contributed by atoms with Crippen molar-refractivity contribution >= 4 is 58.1 Å². The van der Waals surface area contributed by atoms with Crippen molar-refractivity contribution in [2.24, 2.45) is 5.92 Å². The number of amides is 3. The molecule has 1 N–H and O–H groups in total. The van der Waals surface area contributed by atoms with Crippen LogP contribution in [0.1, 0.15) is 30.6 Å². The molecule has 2 aromatic rings. The first-order valence-corrected chi connectivity index (χ1v) is 11.6. The molecule has 1 unspecified atom stereocenters. The van der Waals surface area contributed by atoms with Crippen molar-refractivity contribution < 1.29 is 14.4 Å². The van der Waals surface area contributed by atoms with E-state index < -0.39 is 0 Å². The molecule has 3 heterocycles. The van der Waals surface area contributed by atoms with Gasteiger partial charge >= 0.3 is 0 Å². The summed E-state index contributed by atoms with van der Waals surface area (Å²) in [7, 11) is 0. The highest BCUT2D eigenvalue weighted by Crippen LogP contribution is 2.28. The molecule has 2 aliphatic rings. The molecule has 1 atom stereocenters. The number of piperidine rings is 1. The summed E-state index contributed by atoms with van der Waals surface area (Å²) in [6.45, 7) is 1.75. The predicted molar refractivity (Wildman–Crippen MR) is 124 cm³/mol. The van der Waals surface area contributed by atoms with E-state index in [0.29, 0.717) is 30.3 Å². The summed E-state index contributed by atoms with van der Waals surface area (Å²) in [5.41, 5.74) is 1.70. The van der Waals surface area contributed by atoms with E-state index in [0.717, 1.165) is 35.6 Å². The number of halogens is 1. The normalized spacial score (nSPS) is 19.5. The van der Waals surface area contributed by atoms with Crippen LogP contribution >= 0.6 is 22.9 Å². The van der Waals surface area contributed by atoms with Crippen LogP contribution in [0, 0.1) is 5.92 Å². The van der Waals surface area contributed by atoms with Gasteiger partial charge in [-0.1, -0.05) is 11.6 Å². The van der Waals surface area contributed by atoms with Crippen molar-refractivity contribution in [3.8, 4) is 0 Å². The summed E-state index contributed by atoms with van der Waals surface area (Å²) in [6.07, 6.45) is 6.17. The van der Waals surface area contributed by atoms with Gasteiger partial charge in [-0.05, 0) is 55.3 Å². The monoisotopic (exact) mass is 457 g/mol. The zero-order valence-corrected chi connectivity index (χ0v) is 18.6. The minimum atomic E-state index is -0.189. The van der Waals surface area contributed by atoms with Crippen LogP contribution in [0.5, 0.6) is 0 Å². The molecule has 2 aliphatic heterocycles. The van der Waals surface area contributed by atoms with Crippen molar-refractivity contribution in [2.45, 2.75) is 25.7 Å². The van der Waals surface area contributed by atoms with Crippen LogP contribution in [0.3, 0.4) is 0 Å². The number of nitrogens with zero attached hydrogens (tertiary/aromatic N) is 2. The largest absolute Gasteiger partial charge is 0.352 e. The second kappa shape index (κ2) is 9.66. The molecule has 3 amide bonds. The molecule has 2 saturated heterocycles. The van der Waals surface area contributed by atoms with Crippen molar-refractivity contribution in [1.82, 2.24) is 5.32 Å². The number of carbonyl (C=O) groups excluding carboxylic acids is 3. The Balaban J connectivity index is 1.30. The van der Waals surface area contributed by atoms with Crippen molar-refractivity contribution in [1.29, 1.82) is 0 Å². The Morgan fingerprint density at radius 2 is 1.81 bits per heavy atom. The zero-order chi connectivity index (χ0) is 21.8.